The van der Waals surface area contributed by atoms with Gasteiger partial charge in [0.15, 0.2) is 0 Å². The molecule has 1 aromatic heterocycles. The van der Waals surface area contributed by atoms with Crippen molar-refractivity contribution >= 4 is 23.2 Å². The van der Waals surface area contributed by atoms with Gasteiger partial charge in [-0.05, 0) is 37.6 Å². The first kappa shape index (κ1) is 17.9. The molecule has 0 bridgehead atoms. The number of carbonyl (C=O) groups is 2. The third-order valence-corrected chi connectivity index (χ3v) is 5.54. The number of amides is 2. The van der Waals surface area contributed by atoms with Crippen LogP contribution in [0.3, 0.4) is 0 Å². The summed E-state index contributed by atoms with van der Waals surface area (Å²) in [5.41, 5.74) is 5.80. The molecule has 0 spiro atoms. The van der Waals surface area contributed by atoms with Crippen molar-refractivity contribution in [1.29, 1.82) is 0 Å². The van der Waals surface area contributed by atoms with Crippen LogP contribution in [0.15, 0.2) is 17.5 Å². The molecule has 2 atom stereocenters. The first-order valence-electron chi connectivity index (χ1n) is 8.33. The highest BCUT2D eigenvalue weighted by Crippen LogP contribution is 2.19. The Labute approximate surface area is 142 Å². The zero-order valence-corrected chi connectivity index (χ0v) is 14.8. The lowest BCUT2D eigenvalue weighted by molar-refractivity contribution is -0.139. The van der Waals surface area contributed by atoms with Crippen molar-refractivity contribution in [3.05, 3.63) is 22.4 Å². The molecule has 1 fully saturated rings. The molecular formula is C17H27N3O2S. The Kier molecular flexibility index (Phi) is 6.59. The molecule has 1 aliphatic rings. The van der Waals surface area contributed by atoms with Crippen LogP contribution in [0.1, 0.15) is 31.6 Å². The molecule has 1 aromatic rings. The van der Waals surface area contributed by atoms with Gasteiger partial charge in [0.25, 0.3) is 0 Å². The first-order valence-corrected chi connectivity index (χ1v) is 9.21. The van der Waals surface area contributed by atoms with Gasteiger partial charge >= 0.3 is 0 Å². The molecule has 0 aliphatic carbocycles. The van der Waals surface area contributed by atoms with E-state index < -0.39 is 0 Å². The zero-order valence-electron chi connectivity index (χ0n) is 14.0. The van der Waals surface area contributed by atoms with Crippen LogP contribution < -0.4 is 11.1 Å². The topological polar surface area (TPSA) is 75.4 Å². The number of rotatable bonds is 6. The third kappa shape index (κ3) is 5.04. The van der Waals surface area contributed by atoms with Crippen molar-refractivity contribution in [2.45, 2.75) is 39.2 Å². The lowest BCUT2D eigenvalue weighted by atomic mass is 9.94. The summed E-state index contributed by atoms with van der Waals surface area (Å²) in [5, 5.41) is 5.07. The van der Waals surface area contributed by atoms with Crippen molar-refractivity contribution < 1.29 is 9.59 Å². The maximum absolute atomic E-state index is 12.3. The molecule has 128 valence electrons. The Balaban J connectivity index is 1.71. The second-order valence-corrected chi connectivity index (χ2v) is 7.40. The highest BCUT2D eigenvalue weighted by Gasteiger charge is 2.30. The Hall–Kier alpha value is -1.40. The minimum atomic E-state index is -0.161. The lowest BCUT2D eigenvalue weighted by Crippen LogP contribution is -2.47. The zero-order chi connectivity index (χ0) is 16.8. The van der Waals surface area contributed by atoms with E-state index in [0.717, 1.165) is 19.3 Å². The summed E-state index contributed by atoms with van der Waals surface area (Å²) < 4.78 is 0. The van der Waals surface area contributed by atoms with Gasteiger partial charge in [0, 0.05) is 36.5 Å². The van der Waals surface area contributed by atoms with Gasteiger partial charge in [-0.15, -0.1) is 11.3 Å². The maximum Gasteiger partial charge on any atom is 0.226 e. The summed E-state index contributed by atoms with van der Waals surface area (Å²) in [6.07, 6.45) is 2.36. The van der Waals surface area contributed by atoms with Crippen molar-refractivity contribution in [1.82, 2.24) is 10.2 Å². The van der Waals surface area contributed by atoms with E-state index in [2.05, 4.69) is 11.4 Å². The Morgan fingerprint density at radius 1 is 1.39 bits per heavy atom. The third-order valence-electron chi connectivity index (χ3n) is 4.61. The number of nitrogens with zero attached hydrogens (tertiary/aromatic N) is 1. The van der Waals surface area contributed by atoms with E-state index in [4.69, 9.17) is 5.73 Å². The van der Waals surface area contributed by atoms with Gasteiger partial charge in [-0.25, -0.2) is 0 Å². The summed E-state index contributed by atoms with van der Waals surface area (Å²) in [7, 11) is 0. The summed E-state index contributed by atoms with van der Waals surface area (Å²) >= 11 is 1.71. The van der Waals surface area contributed by atoms with Gasteiger partial charge < -0.3 is 16.0 Å². The molecule has 5 nitrogen and oxygen atoms in total. The van der Waals surface area contributed by atoms with Gasteiger partial charge in [0.2, 0.25) is 11.8 Å². The van der Waals surface area contributed by atoms with Gasteiger partial charge in [0.1, 0.15) is 0 Å². The number of nitrogens with one attached hydrogen (secondary N) is 1. The molecule has 23 heavy (non-hydrogen) atoms. The molecule has 1 saturated heterocycles. The number of carbonyl (C=O) groups excluding carboxylic acids is 2. The maximum atomic E-state index is 12.3. The molecule has 2 amide bonds. The van der Waals surface area contributed by atoms with E-state index in [1.807, 2.05) is 30.2 Å². The Bertz CT molecular complexity index is 508. The van der Waals surface area contributed by atoms with Crippen molar-refractivity contribution in [2.75, 3.05) is 19.6 Å². The van der Waals surface area contributed by atoms with E-state index in [0.29, 0.717) is 19.6 Å². The first-order chi connectivity index (χ1) is 11.0. The fourth-order valence-electron chi connectivity index (χ4n) is 2.78. The number of hydrogen-bond donors (Lipinski definition) is 2. The monoisotopic (exact) mass is 337 g/mol. The Morgan fingerprint density at radius 3 is 2.65 bits per heavy atom. The van der Waals surface area contributed by atoms with Crippen molar-refractivity contribution in [3.63, 3.8) is 0 Å². The molecule has 6 heteroatoms. The van der Waals surface area contributed by atoms with Crippen LogP contribution in [0.25, 0.3) is 0 Å². The van der Waals surface area contributed by atoms with Crippen LogP contribution in [0.5, 0.6) is 0 Å². The van der Waals surface area contributed by atoms with Gasteiger partial charge in [-0.3, -0.25) is 9.59 Å². The number of nitrogens with two attached hydrogens (primary N) is 1. The van der Waals surface area contributed by atoms with E-state index >= 15 is 0 Å². The number of piperidine rings is 1. The quantitative estimate of drug-likeness (QED) is 0.828. The van der Waals surface area contributed by atoms with Crippen molar-refractivity contribution in [3.8, 4) is 0 Å². The molecule has 0 saturated carbocycles. The summed E-state index contributed by atoms with van der Waals surface area (Å²) in [6, 6.07) is 3.97. The second-order valence-electron chi connectivity index (χ2n) is 6.37. The lowest BCUT2D eigenvalue weighted by Gasteiger charge is -2.33. The number of thiophene rings is 1. The molecule has 2 unspecified atom stereocenters. The van der Waals surface area contributed by atoms with Crippen LogP contribution >= 0.6 is 11.3 Å². The van der Waals surface area contributed by atoms with Crippen LogP contribution in [-0.4, -0.2) is 42.4 Å². The van der Waals surface area contributed by atoms with Gasteiger partial charge in [-0.2, -0.15) is 0 Å². The highest BCUT2D eigenvalue weighted by molar-refractivity contribution is 7.09. The summed E-state index contributed by atoms with van der Waals surface area (Å²) in [4.78, 5) is 27.6. The Morgan fingerprint density at radius 2 is 2.09 bits per heavy atom. The summed E-state index contributed by atoms with van der Waals surface area (Å²) in [6.45, 7) is 5.71. The van der Waals surface area contributed by atoms with E-state index in [1.54, 1.807) is 11.3 Å². The molecule has 1 aliphatic heterocycles. The van der Waals surface area contributed by atoms with Gasteiger partial charge in [0.05, 0.1) is 5.92 Å². The molecule has 0 radical (unpaired) electrons. The predicted octanol–water partition coefficient (Wildman–Crippen LogP) is 1.63. The van der Waals surface area contributed by atoms with Crippen LogP contribution in [0.4, 0.5) is 0 Å². The van der Waals surface area contributed by atoms with Crippen LogP contribution in [0.2, 0.25) is 0 Å². The van der Waals surface area contributed by atoms with E-state index in [9.17, 15) is 9.59 Å². The fourth-order valence-corrected chi connectivity index (χ4v) is 3.49. The second kappa shape index (κ2) is 8.45. The predicted molar refractivity (Wildman–Crippen MR) is 93.2 cm³/mol. The largest absolute Gasteiger partial charge is 0.355 e. The molecule has 2 heterocycles. The minimum Gasteiger partial charge on any atom is -0.355 e. The average molecular weight is 337 g/mol. The minimum absolute atomic E-state index is 0.0213. The highest BCUT2D eigenvalue weighted by atomic mass is 32.1. The summed E-state index contributed by atoms with van der Waals surface area (Å²) in [5.74, 6) is 0.0876. The average Bonchev–Trinajstić information content (AvgIpc) is 3.06. The van der Waals surface area contributed by atoms with E-state index in [-0.39, 0.29) is 29.7 Å². The van der Waals surface area contributed by atoms with Gasteiger partial charge in [-0.1, -0.05) is 13.0 Å². The normalized spacial score (nSPS) is 18.5. The molecule has 3 N–H and O–H groups in total. The number of likely N-dealkylation sites (tertiary alicyclic amines) is 1. The van der Waals surface area contributed by atoms with Crippen LogP contribution in [-0.2, 0) is 16.0 Å². The smallest absolute Gasteiger partial charge is 0.226 e. The van der Waals surface area contributed by atoms with Crippen molar-refractivity contribution in [2.24, 2.45) is 17.6 Å². The number of hydrogen-bond acceptors (Lipinski definition) is 4. The van der Waals surface area contributed by atoms with E-state index in [1.165, 1.54) is 4.88 Å². The van der Waals surface area contributed by atoms with Crippen LogP contribution in [0, 0.1) is 11.8 Å². The standard InChI is InChI=1S/C17H27N3O2S/c1-12(13(2)18)17(22)20-9-6-14(7-10-20)16(21)19-8-5-15-4-3-11-23-15/h3-4,11-14H,5-10,18H2,1-2H3,(H,19,21). The molecule has 2 rings (SSSR count). The SMILES string of the molecule is CC(N)C(C)C(=O)N1CCC(C(=O)NCCc2cccs2)CC1. The fraction of sp³-hybridized carbons (Fsp3) is 0.647. The molecular weight excluding hydrogens is 310 g/mol. The molecule has 0 aromatic carbocycles.